The highest BCUT2D eigenvalue weighted by atomic mass is 79.9. The molecule has 0 saturated carbocycles. The fourth-order valence-corrected chi connectivity index (χ4v) is 1.69. The average Bonchev–Trinajstić information content (AvgIpc) is 2.64. The maximum absolute atomic E-state index is 12.9. The molecule has 1 aromatic heterocycles. The molecule has 0 radical (unpaired) electrons. The molecule has 1 heterocycles. The lowest BCUT2D eigenvalue weighted by Gasteiger charge is -2.02. The molecule has 0 amide bonds. The number of halogens is 3. The van der Waals surface area contributed by atoms with Gasteiger partial charge in [0, 0.05) is 21.8 Å². The molecule has 72 valence electrons. The van der Waals surface area contributed by atoms with Crippen molar-refractivity contribution in [2.24, 2.45) is 0 Å². The van der Waals surface area contributed by atoms with E-state index in [0.717, 1.165) is 12.1 Å². The molecule has 0 atom stereocenters. The van der Waals surface area contributed by atoms with Gasteiger partial charge >= 0.3 is 0 Å². The Bertz CT molecular complexity index is 454. The van der Waals surface area contributed by atoms with Gasteiger partial charge in [0.15, 0.2) is 11.6 Å². The smallest absolute Gasteiger partial charge is 0.159 e. The van der Waals surface area contributed by atoms with E-state index in [1.807, 2.05) is 0 Å². The number of aromatic amines is 1. The quantitative estimate of drug-likeness (QED) is 0.783. The summed E-state index contributed by atoms with van der Waals surface area (Å²) in [6.07, 6.45) is 3.15. The summed E-state index contributed by atoms with van der Waals surface area (Å²) in [6.45, 7) is 0. The van der Waals surface area contributed by atoms with Gasteiger partial charge in [-0.1, -0.05) is 15.9 Å². The number of hydrogen-bond donors (Lipinski definition) is 1. The first-order valence-corrected chi connectivity index (χ1v) is 4.61. The van der Waals surface area contributed by atoms with Crippen LogP contribution in [0.15, 0.2) is 29.0 Å². The highest BCUT2D eigenvalue weighted by Crippen LogP contribution is 2.29. The second kappa shape index (κ2) is 3.49. The van der Waals surface area contributed by atoms with Crippen LogP contribution in [-0.4, -0.2) is 10.2 Å². The van der Waals surface area contributed by atoms with E-state index >= 15 is 0 Å². The van der Waals surface area contributed by atoms with E-state index in [4.69, 9.17) is 0 Å². The molecular weight excluding hydrogens is 254 g/mol. The molecule has 0 saturated heterocycles. The van der Waals surface area contributed by atoms with Crippen molar-refractivity contribution in [2.75, 3.05) is 0 Å². The SMILES string of the molecule is Fc1cc(Br)c(-c2cn[nH]c2)cc1F. The van der Waals surface area contributed by atoms with Crippen molar-refractivity contribution in [1.29, 1.82) is 0 Å². The molecule has 14 heavy (non-hydrogen) atoms. The second-order valence-corrected chi connectivity index (χ2v) is 3.59. The zero-order chi connectivity index (χ0) is 10.1. The first-order chi connectivity index (χ1) is 6.68. The Balaban J connectivity index is 2.60. The molecule has 0 fully saturated rings. The van der Waals surface area contributed by atoms with Crippen molar-refractivity contribution in [1.82, 2.24) is 10.2 Å². The second-order valence-electron chi connectivity index (χ2n) is 2.73. The number of nitrogens with one attached hydrogen (secondary N) is 1. The molecule has 0 aliphatic heterocycles. The molecule has 1 aromatic carbocycles. The summed E-state index contributed by atoms with van der Waals surface area (Å²) in [7, 11) is 0. The lowest BCUT2D eigenvalue weighted by atomic mass is 10.1. The zero-order valence-corrected chi connectivity index (χ0v) is 8.48. The molecule has 0 aliphatic rings. The Morgan fingerprint density at radius 1 is 1.21 bits per heavy atom. The van der Waals surface area contributed by atoms with E-state index < -0.39 is 11.6 Å². The Hall–Kier alpha value is -1.23. The van der Waals surface area contributed by atoms with Gasteiger partial charge in [0.1, 0.15) is 0 Å². The van der Waals surface area contributed by atoms with Crippen LogP contribution in [0, 0.1) is 11.6 Å². The summed E-state index contributed by atoms with van der Waals surface area (Å²) in [5.41, 5.74) is 1.27. The van der Waals surface area contributed by atoms with E-state index in [9.17, 15) is 8.78 Å². The third-order valence-corrected chi connectivity index (χ3v) is 2.48. The van der Waals surface area contributed by atoms with E-state index in [0.29, 0.717) is 15.6 Å². The molecule has 2 aromatic rings. The zero-order valence-electron chi connectivity index (χ0n) is 6.89. The van der Waals surface area contributed by atoms with Crippen LogP contribution >= 0.6 is 15.9 Å². The molecule has 2 rings (SSSR count). The number of hydrogen-bond acceptors (Lipinski definition) is 1. The minimum Gasteiger partial charge on any atom is -0.285 e. The topological polar surface area (TPSA) is 28.7 Å². The van der Waals surface area contributed by atoms with E-state index in [-0.39, 0.29) is 0 Å². The van der Waals surface area contributed by atoms with Crippen LogP contribution in [0.5, 0.6) is 0 Å². The first kappa shape index (κ1) is 9.33. The summed E-state index contributed by atoms with van der Waals surface area (Å²) in [6, 6.07) is 2.22. The number of benzene rings is 1. The third-order valence-electron chi connectivity index (χ3n) is 1.82. The summed E-state index contributed by atoms with van der Waals surface area (Å²) >= 11 is 3.15. The molecule has 0 bridgehead atoms. The van der Waals surface area contributed by atoms with Crippen LogP contribution < -0.4 is 0 Å². The van der Waals surface area contributed by atoms with Crippen LogP contribution in [0.25, 0.3) is 11.1 Å². The van der Waals surface area contributed by atoms with Gasteiger partial charge in [-0.3, -0.25) is 5.10 Å². The summed E-state index contributed by atoms with van der Waals surface area (Å²) in [4.78, 5) is 0. The number of nitrogens with zero attached hydrogens (tertiary/aromatic N) is 1. The van der Waals surface area contributed by atoms with Crippen LogP contribution in [0.2, 0.25) is 0 Å². The van der Waals surface area contributed by atoms with E-state index in [1.54, 1.807) is 6.20 Å². The predicted molar refractivity (Wildman–Crippen MR) is 51.6 cm³/mol. The van der Waals surface area contributed by atoms with Gasteiger partial charge in [0.25, 0.3) is 0 Å². The molecule has 1 N–H and O–H groups in total. The standard InChI is InChI=1S/C9H5BrF2N2/c10-7-2-9(12)8(11)1-6(7)5-3-13-14-4-5/h1-4H,(H,13,14). The van der Waals surface area contributed by atoms with Crippen molar-refractivity contribution in [2.45, 2.75) is 0 Å². The van der Waals surface area contributed by atoms with Crippen molar-refractivity contribution >= 4 is 15.9 Å². The lowest BCUT2D eigenvalue weighted by Crippen LogP contribution is -1.86. The summed E-state index contributed by atoms with van der Waals surface area (Å²) < 4.78 is 26.2. The Labute approximate surface area is 87.1 Å². The van der Waals surface area contributed by atoms with Gasteiger partial charge in [-0.2, -0.15) is 5.10 Å². The van der Waals surface area contributed by atoms with Crippen molar-refractivity contribution in [3.05, 3.63) is 40.6 Å². The maximum Gasteiger partial charge on any atom is 0.159 e. The van der Waals surface area contributed by atoms with Crippen LogP contribution in [-0.2, 0) is 0 Å². The highest BCUT2D eigenvalue weighted by molar-refractivity contribution is 9.10. The van der Waals surface area contributed by atoms with Gasteiger partial charge in [0.05, 0.1) is 6.20 Å². The molecule has 2 nitrogen and oxygen atoms in total. The first-order valence-electron chi connectivity index (χ1n) is 3.82. The largest absolute Gasteiger partial charge is 0.285 e. The Morgan fingerprint density at radius 2 is 1.93 bits per heavy atom. The van der Waals surface area contributed by atoms with E-state index in [1.165, 1.54) is 6.20 Å². The third kappa shape index (κ3) is 1.55. The van der Waals surface area contributed by atoms with Crippen molar-refractivity contribution < 1.29 is 8.78 Å². The van der Waals surface area contributed by atoms with Gasteiger partial charge in [-0.05, 0) is 12.1 Å². The monoisotopic (exact) mass is 258 g/mol. The fraction of sp³-hybridized carbons (Fsp3) is 0. The number of H-pyrrole nitrogens is 1. The number of rotatable bonds is 1. The van der Waals surface area contributed by atoms with Gasteiger partial charge in [0.2, 0.25) is 0 Å². The van der Waals surface area contributed by atoms with Gasteiger partial charge in [-0.25, -0.2) is 8.78 Å². The van der Waals surface area contributed by atoms with E-state index in [2.05, 4.69) is 26.1 Å². The summed E-state index contributed by atoms with van der Waals surface area (Å²) in [5, 5.41) is 6.33. The number of aromatic nitrogens is 2. The van der Waals surface area contributed by atoms with Crippen molar-refractivity contribution in [3.8, 4) is 11.1 Å². The van der Waals surface area contributed by atoms with Crippen LogP contribution in [0.1, 0.15) is 0 Å². The highest BCUT2D eigenvalue weighted by Gasteiger charge is 2.09. The Kier molecular flexibility index (Phi) is 2.33. The molecule has 0 spiro atoms. The lowest BCUT2D eigenvalue weighted by molar-refractivity contribution is 0.508. The fourth-order valence-electron chi connectivity index (χ4n) is 1.14. The molecule has 5 heteroatoms. The predicted octanol–water partition coefficient (Wildman–Crippen LogP) is 3.12. The van der Waals surface area contributed by atoms with Crippen molar-refractivity contribution in [3.63, 3.8) is 0 Å². The summed E-state index contributed by atoms with van der Waals surface area (Å²) in [5.74, 6) is -1.74. The molecular formula is C9H5BrF2N2. The minimum absolute atomic E-state index is 0.498. The normalized spacial score (nSPS) is 10.5. The van der Waals surface area contributed by atoms with Gasteiger partial charge in [-0.15, -0.1) is 0 Å². The van der Waals surface area contributed by atoms with Crippen LogP contribution in [0.4, 0.5) is 8.78 Å². The molecule has 0 aliphatic carbocycles. The average molecular weight is 259 g/mol. The maximum atomic E-state index is 12.9. The Morgan fingerprint density at radius 3 is 2.57 bits per heavy atom. The molecule has 0 unspecified atom stereocenters. The minimum atomic E-state index is -0.871. The van der Waals surface area contributed by atoms with Gasteiger partial charge < -0.3 is 0 Å². The van der Waals surface area contributed by atoms with Crippen LogP contribution in [0.3, 0.4) is 0 Å².